The average molecular weight is 451 g/mol. The standard InChI is InChI=1S/C18H15BrN2O3S2/c19-13-6-8-14(9-7-13)21-15-10-26(23,24)11-16(15)25-18(21)20-17(22)12-4-2-1-3-5-12/h1-9,15-16H,10-11H2/t15-,16+/m0/s1. The van der Waals surface area contributed by atoms with E-state index in [9.17, 15) is 13.2 Å². The van der Waals surface area contributed by atoms with Gasteiger partial charge < -0.3 is 4.90 Å². The lowest BCUT2D eigenvalue weighted by Gasteiger charge is -2.24. The van der Waals surface area contributed by atoms with Gasteiger partial charge >= 0.3 is 0 Å². The predicted octanol–water partition coefficient (Wildman–Crippen LogP) is 3.36. The number of carbonyl (C=O) groups is 1. The molecule has 134 valence electrons. The van der Waals surface area contributed by atoms with Gasteiger partial charge in [-0.15, -0.1) is 0 Å². The van der Waals surface area contributed by atoms with E-state index in [4.69, 9.17) is 0 Å². The number of amides is 1. The van der Waals surface area contributed by atoms with E-state index in [2.05, 4.69) is 20.9 Å². The molecule has 2 atom stereocenters. The summed E-state index contributed by atoms with van der Waals surface area (Å²) >= 11 is 4.79. The maximum Gasteiger partial charge on any atom is 0.279 e. The van der Waals surface area contributed by atoms with Gasteiger partial charge in [0, 0.05) is 21.0 Å². The largest absolute Gasteiger partial charge is 0.316 e. The highest BCUT2D eigenvalue weighted by molar-refractivity contribution is 9.10. The number of hydrogen-bond donors (Lipinski definition) is 0. The van der Waals surface area contributed by atoms with Crippen molar-refractivity contribution in [2.24, 2.45) is 4.99 Å². The Labute approximate surface area is 164 Å². The second-order valence-electron chi connectivity index (χ2n) is 6.21. The SMILES string of the molecule is O=C(N=C1S[C@@H]2CS(=O)(=O)C[C@@H]2N1c1ccc(Br)cc1)c1ccccc1. The van der Waals surface area contributed by atoms with Gasteiger partial charge in [-0.05, 0) is 36.4 Å². The van der Waals surface area contributed by atoms with Gasteiger partial charge in [0.2, 0.25) is 0 Å². The number of carbonyl (C=O) groups excluding carboxylic acids is 1. The van der Waals surface area contributed by atoms with E-state index >= 15 is 0 Å². The third-order valence-corrected chi connectivity index (χ3v) is 8.13. The lowest BCUT2D eigenvalue weighted by molar-refractivity contribution is 0.100. The number of nitrogens with zero attached hydrogens (tertiary/aromatic N) is 2. The van der Waals surface area contributed by atoms with Crippen molar-refractivity contribution in [1.29, 1.82) is 0 Å². The van der Waals surface area contributed by atoms with E-state index in [1.54, 1.807) is 24.3 Å². The predicted molar refractivity (Wildman–Crippen MR) is 109 cm³/mol. The fraction of sp³-hybridized carbons (Fsp3) is 0.222. The summed E-state index contributed by atoms with van der Waals surface area (Å²) < 4.78 is 25.1. The van der Waals surface area contributed by atoms with Gasteiger partial charge in [-0.2, -0.15) is 4.99 Å². The van der Waals surface area contributed by atoms with Crippen molar-refractivity contribution >= 4 is 54.3 Å². The van der Waals surface area contributed by atoms with Crippen molar-refractivity contribution in [2.75, 3.05) is 16.4 Å². The molecule has 0 unspecified atom stereocenters. The Morgan fingerprint density at radius 3 is 2.46 bits per heavy atom. The summed E-state index contributed by atoms with van der Waals surface area (Å²) in [5.41, 5.74) is 1.35. The summed E-state index contributed by atoms with van der Waals surface area (Å²) in [7, 11) is -3.07. The number of thioether (sulfide) groups is 1. The zero-order chi connectivity index (χ0) is 18.3. The maximum absolute atomic E-state index is 12.5. The summed E-state index contributed by atoms with van der Waals surface area (Å²) in [4.78, 5) is 18.7. The van der Waals surface area contributed by atoms with Crippen molar-refractivity contribution in [3.05, 3.63) is 64.6 Å². The smallest absolute Gasteiger partial charge is 0.279 e. The van der Waals surface area contributed by atoms with Gasteiger partial charge in [0.25, 0.3) is 5.91 Å². The summed E-state index contributed by atoms with van der Waals surface area (Å²) in [5.74, 6) is -0.120. The van der Waals surface area contributed by atoms with Gasteiger partial charge in [0.1, 0.15) is 0 Å². The van der Waals surface area contributed by atoms with Crippen LogP contribution in [0.2, 0.25) is 0 Å². The van der Waals surface area contributed by atoms with E-state index in [0.717, 1.165) is 10.2 Å². The van der Waals surface area contributed by atoms with Crippen LogP contribution >= 0.6 is 27.7 Å². The third kappa shape index (κ3) is 3.45. The van der Waals surface area contributed by atoms with Crippen molar-refractivity contribution in [1.82, 2.24) is 0 Å². The van der Waals surface area contributed by atoms with Crippen LogP contribution in [0.25, 0.3) is 0 Å². The minimum atomic E-state index is -3.07. The molecule has 2 fully saturated rings. The summed E-state index contributed by atoms with van der Waals surface area (Å²) in [6.45, 7) is 0. The number of hydrogen-bond acceptors (Lipinski definition) is 4. The van der Waals surface area contributed by atoms with E-state index < -0.39 is 9.84 Å². The first-order valence-electron chi connectivity index (χ1n) is 8.03. The molecule has 4 rings (SSSR count). The van der Waals surface area contributed by atoms with Crippen molar-refractivity contribution in [3.8, 4) is 0 Å². The molecule has 1 amide bonds. The summed E-state index contributed by atoms with van der Waals surface area (Å²) in [5, 5.41) is 0.456. The van der Waals surface area contributed by atoms with Crippen molar-refractivity contribution < 1.29 is 13.2 Å². The number of anilines is 1. The summed E-state index contributed by atoms with van der Waals surface area (Å²) in [6.07, 6.45) is 0. The first kappa shape index (κ1) is 17.8. The molecule has 8 heteroatoms. The number of benzene rings is 2. The Morgan fingerprint density at radius 2 is 1.77 bits per heavy atom. The fourth-order valence-electron chi connectivity index (χ4n) is 3.20. The average Bonchev–Trinajstić information content (AvgIpc) is 3.07. The fourth-order valence-corrected chi connectivity index (χ4v) is 7.38. The van der Waals surface area contributed by atoms with Crippen LogP contribution in [0.4, 0.5) is 5.69 Å². The zero-order valence-corrected chi connectivity index (χ0v) is 16.8. The Balaban J connectivity index is 1.72. The minimum absolute atomic E-state index is 0.0826. The van der Waals surface area contributed by atoms with Gasteiger partial charge in [-0.1, -0.05) is 45.9 Å². The number of halogens is 1. The number of fused-ring (bicyclic) bond motifs is 1. The van der Waals surface area contributed by atoms with Gasteiger partial charge in [0.15, 0.2) is 15.0 Å². The topological polar surface area (TPSA) is 66.8 Å². The molecule has 26 heavy (non-hydrogen) atoms. The Hall–Kier alpha value is -1.64. The normalized spacial score (nSPS) is 25.4. The molecular formula is C18H15BrN2O3S2. The van der Waals surface area contributed by atoms with Crippen molar-refractivity contribution in [3.63, 3.8) is 0 Å². The molecule has 2 aromatic carbocycles. The molecule has 0 N–H and O–H groups in total. The maximum atomic E-state index is 12.5. The van der Waals surface area contributed by atoms with Crippen LogP contribution in [0.3, 0.4) is 0 Å². The Morgan fingerprint density at radius 1 is 1.08 bits per heavy atom. The van der Waals surface area contributed by atoms with E-state index in [0.29, 0.717) is 10.7 Å². The van der Waals surface area contributed by atoms with E-state index in [1.165, 1.54) is 11.8 Å². The van der Waals surface area contributed by atoms with Gasteiger partial charge in [0.05, 0.1) is 17.5 Å². The summed E-state index contributed by atoms with van der Waals surface area (Å²) in [6, 6.07) is 16.3. The first-order chi connectivity index (χ1) is 12.4. The van der Waals surface area contributed by atoms with Gasteiger partial charge in [-0.3, -0.25) is 4.79 Å². The first-order valence-corrected chi connectivity index (χ1v) is 11.5. The molecule has 0 aromatic heterocycles. The molecule has 2 aromatic rings. The van der Waals surface area contributed by atoms with E-state index in [-0.39, 0.29) is 28.7 Å². The molecule has 0 bridgehead atoms. The molecule has 2 aliphatic heterocycles. The van der Waals surface area contributed by atoms with Crippen LogP contribution in [-0.4, -0.2) is 42.3 Å². The van der Waals surface area contributed by atoms with E-state index in [1.807, 2.05) is 35.2 Å². The van der Waals surface area contributed by atoms with Crippen molar-refractivity contribution in [2.45, 2.75) is 11.3 Å². The number of amidine groups is 1. The number of sulfone groups is 1. The highest BCUT2D eigenvalue weighted by Gasteiger charge is 2.49. The lowest BCUT2D eigenvalue weighted by atomic mass is 10.2. The van der Waals surface area contributed by atoms with Crippen LogP contribution in [0.5, 0.6) is 0 Å². The highest BCUT2D eigenvalue weighted by atomic mass is 79.9. The van der Waals surface area contributed by atoms with Crippen LogP contribution in [-0.2, 0) is 9.84 Å². The monoisotopic (exact) mass is 450 g/mol. The zero-order valence-electron chi connectivity index (χ0n) is 13.6. The van der Waals surface area contributed by atoms with Crippen LogP contribution < -0.4 is 4.90 Å². The minimum Gasteiger partial charge on any atom is -0.316 e. The second kappa shape index (κ2) is 6.83. The second-order valence-corrected chi connectivity index (χ2v) is 10.5. The Bertz CT molecular complexity index is 975. The molecule has 0 aliphatic carbocycles. The highest BCUT2D eigenvalue weighted by Crippen LogP contribution is 2.41. The number of rotatable bonds is 2. The van der Waals surface area contributed by atoms with Crippen LogP contribution in [0.15, 0.2) is 64.1 Å². The molecule has 0 saturated carbocycles. The number of aliphatic imine (C=N–C) groups is 1. The van der Waals surface area contributed by atoms with Crippen LogP contribution in [0, 0.1) is 0 Å². The molecule has 0 radical (unpaired) electrons. The van der Waals surface area contributed by atoms with Gasteiger partial charge in [-0.25, -0.2) is 8.42 Å². The molecule has 2 heterocycles. The Kier molecular flexibility index (Phi) is 4.66. The van der Waals surface area contributed by atoms with Crippen LogP contribution in [0.1, 0.15) is 10.4 Å². The molecule has 0 spiro atoms. The molecule has 5 nitrogen and oxygen atoms in total. The quantitative estimate of drug-likeness (QED) is 0.701. The molecule has 2 aliphatic rings. The third-order valence-electron chi connectivity index (χ3n) is 4.39. The lowest BCUT2D eigenvalue weighted by Crippen LogP contribution is -2.37. The molecule has 2 saturated heterocycles. The molecular weight excluding hydrogens is 436 g/mol.